The van der Waals surface area contributed by atoms with E-state index in [2.05, 4.69) is 15.2 Å². The Hall–Kier alpha value is -3.76. The molecule has 11 nitrogen and oxygen atoms in total. The molecule has 1 heterocycles. The molecular weight excluding hydrogens is 372 g/mol. The summed E-state index contributed by atoms with van der Waals surface area (Å²) in [6, 6.07) is 5.95. The van der Waals surface area contributed by atoms with Gasteiger partial charge in [0.05, 0.1) is 17.6 Å². The van der Waals surface area contributed by atoms with Crippen molar-refractivity contribution < 1.29 is 28.8 Å². The summed E-state index contributed by atoms with van der Waals surface area (Å²) in [7, 11) is 1.26. The number of esters is 2. The molecule has 11 heteroatoms. The van der Waals surface area contributed by atoms with Gasteiger partial charge < -0.3 is 14.8 Å². The van der Waals surface area contributed by atoms with Crippen molar-refractivity contribution in [3.8, 4) is 0 Å². The molecule has 0 saturated carbocycles. The predicted molar refractivity (Wildman–Crippen MR) is 95.7 cm³/mol. The van der Waals surface area contributed by atoms with Crippen LogP contribution in [-0.2, 0) is 25.6 Å². The number of carbonyl (C=O) groups excluding carboxylic acids is 3. The maximum atomic E-state index is 11.9. The number of carbonyl (C=O) groups is 3. The number of amides is 1. The number of ether oxygens (including phenoxy) is 2. The molecule has 1 aromatic carbocycles. The van der Waals surface area contributed by atoms with E-state index in [4.69, 9.17) is 4.74 Å². The Morgan fingerprint density at radius 3 is 2.39 bits per heavy atom. The summed E-state index contributed by atoms with van der Waals surface area (Å²) in [5.41, 5.74) is 0.966. The first kappa shape index (κ1) is 20.6. The lowest BCUT2D eigenvalue weighted by molar-refractivity contribution is -0.386. The number of nitro groups is 1. The molecule has 0 unspecified atom stereocenters. The Morgan fingerprint density at radius 2 is 1.86 bits per heavy atom. The highest BCUT2D eigenvalue weighted by Crippen LogP contribution is 2.21. The monoisotopic (exact) mass is 390 g/mol. The Morgan fingerprint density at radius 1 is 1.21 bits per heavy atom. The van der Waals surface area contributed by atoms with Gasteiger partial charge in [-0.15, -0.1) is 0 Å². The SMILES string of the molecule is COC(=O)c1ccc(NC(=O)COC(=O)Cn2nc(C)c([N+](=O)[O-])c2C)cc1. The fourth-order valence-corrected chi connectivity index (χ4v) is 2.42. The molecule has 0 saturated heterocycles. The first-order valence-electron chi connectivity index (χ1n) is 8.05. The zero-order chi connectivity index (χ0) is 20.8. The zero-order valence-corrected chi connectivity index (χ0v) is 15.4. The maximum Gasteiger partial charge on any atom is 0.337 e. The van der Waals surface area contributed by atoms with Crippen LogP contribution in [0, 0.1) is 24.0 Å². The summed E-state index contributed by atoms with van der Waals surface area (Å²) < 4.78 is 10.6. The smallest absolute Gasteiger partial charge is 0.337 e. The van der Waals surface area contributed by atoms with Crippen LogP contribution in [0.15, 0.2) is 24.3 Å². The van der Waals surface area contributed by atoms with Gasteiger partial charge in [0.25, 0.3) is 5.91 Å². The van der Waals surface area contributed by atoms with Crippen molar-refractivity contribution in [2.24, 2.45) is 0 Å². The molecule has 0 spiro atoms. The van der Waals surface area contributed by atoms with E-state index in [1.807, 2.05) is 0 Å². The lowest BCUT2D eigenvalue weighted by Crippen LogP contribution is -2.23. The number of methoxy groups -OCH3 is 1. The van der Waals surface area contributed by atoms with E-state index in [-0.39, 0.29) is 23.6 Å². The van der Waals surface area contributed by atoms with Crippen molar-refractivity contribution in [1.29, 1.82) is 0 Å². The summed E-state index contributed by atoms with van der Waals surface area (Å²) >= 11 is 0. The minimum Gasteiger partial charge on any atom is -0.465 e. The lowest BCUT2D eigenvalue weighted by atomic mass is 10.2. The Bertz CT molecular complexity index is 918. The summed E-state index contributed by atoms with van der Waals surface area (Å²) in [5.74, 6) is -1.86. The molecule has 1 aromatic heterocycles. The molecule has 0 aliphatic carbocycles. The number of aromatic nitrogens is 2. The summed E-state index contributed by atoms with van der Waals surface area (Å²) in [5, 5.41) is 17.4. The van der Waals surface area contributed by atoms with E-state index in [9.17, 15) is 24.5 Å². The van der Waals surface area contributed by atoms with Gasteiger partial charge in [0.15, 0.2) is 6.61 Å². The number of nitrogens with zero attached hydrogens (tertiary/aromatic N) is 3. The van der Waals surface area contributed by atoms with Crippen LogP contribution in [0.25, 0.3) is 0 Å². The van der Waals surface area contributed by atoms with Crippen LogP contribution in [-0.4, -0.2) is 46.3 Å². The molecule has 0 aliphatic heterocycles. The van der Waals surface area contributed by atoms with Crippen molar-refractivity contribution in [1.82, 2.24) is 9.78 Å². The van der Waals surface area contributed by atoms with Crippen molar-refractivity contribution >= 4 is 29.2 Å². The standard InChI is InChI=1S/C17H18N4O7/c1-10-16(21(25)26)11(2)20(19-10)8-15(23)28-9-14(22)18-13-6-4-12(5-7-13)17(24)27-3/h4-7H,8-9H2,1-3H3,(H,18,22). The largest absolute Gasteiger partial charge is 0.465 e. The Labute approximate surface area is 159 Å². The highest BCUT2D eigenvalue weighted by atomic mass is 16.6. The molecule has 0 radical (unpaired) electrons. The molecule has 2 rings (SSSR count). The van der Waals surface area contributed by atoms with Crippen molar-refractivity contribution in [3.05, 3.63) is 51.3 Å². The number of benzene rings is 1. The van der Waals surface area contributed by atoms with Crippen LogP contribution < -0.4 is 5.32 Å². The van der Waals surface area contributed by atoms with Gasteiger partial charge in [-0.05, 0) is 38.1 Å². The molecule has 0 aliphatic rings. The third kappa shape index (κ3) is 4.90. The number of hydrogen-bond donors (Lipinski definition) is 1. The van der Waals surface area contributed by atoms with Gasteiger partial charge in [0, 0.05) is 5.69 Å². The van der Waals surface area contributed by atoms with Crippen molar-refractivity contribution in [2.45, 2.75) is 20.4 Å². The van der Waals surface area contributed by atoms with E-state index in [0.29, 0.717) is 11.3 Å². The minimum absolute atomic E-state index is 0.166. The first-order chi connectivity index (χ1) is 13.2. The number of anilines is 1. The quantitative estimate of drug-likeness (QED) is 0.424. The molecular formula is C17H18N4O7. The van der Waals surface area contributed by atoms with Crippen molar-refractivity contribution in [2.75, 3.05) is 19.0 Å². The fourth-order valence-electron chi connectivity index (χ4n) is 2.42. The maximum absolute atomic E-state index is 11.9. The highest BCUT2D eigenvalue weighted by molar-refractivity contribution is 5.94. The van der Waals surface area contributed by atoms with Gasteiger partial charge in [0.1, 0.15) is 17.9 Å². The van der Waals surface area contributed by atoms with Gasteiger partial charge in [-0.2, -0.15) is 5.10 Å². The third-order valence-electron chi connectivity index (χ3n) is 3.76. The molecule has 2 aromatic rings. The van der Waals surface area contributed by atoms with Crippen LogP contribution in [0.4, 0.5) is 11.4 Å². The van der Waals surface area contributed by atoms with Gasteiger partial charge in [-0.3, -0.25) is 24.4 Å². The number of nitrogens with one attached hydrogen (secondary N) is 1. The second-order valence-electron chi connectivity index (χ2n) is 5.71. The van der Waals surface area contributed by atoms with E-state index < -0.39 is 29.4 Å². The van der Waals surface area contributed by atoms with Crippen LogP contribution in [0.5, 0.6) is 0 Å². The first-order valence-corrected chi connectivity index (χ1v) is 8.05. The third-order valence-corrected chi connectivity index (χ3v) is 3.76. The fraction of sp³-hybridized carbons (Fsp3) is 0.294. The van der Waals surface area contributed by atoms with Gasteiger partial charge in [-0.1, -0.05) is 0 Å². The average molecular weight is 390 g/mol. The minimum atomic E-state index is -0.767. The van der Waals surface area contributed by atoms with Gasteiger partial charge in [-0.25, -0.2) is 4.79 Å². The molecule has 1 N–H and O–H groups in total. The predicted octanol–water partition coefficient (Wildman–Crippen LogP) is 1.38. The molecule has 0 bridgehead atoms. The second-order valence-corrected chi connectivity index (χ2v) is 5.71. The van der Waals surface area contributed by atoms with Crippen LogP contribution >= 0.6 is 0 Å². The van der Waals surface area contributed by atoms with Crippen LogP contribution in [0.2, 0.25) is 0 Å². The number of aryl methyl sites for hydroxylation is 1. The van der Waals surface area contributed by atoms with E-state index in [0.717, 1.165) is 4.68 Å². The van der Waals surface area contributed by atoms with E-state index >= 15 is 0 Å². The van der Waals surface area contributed by atoms with Crippen molar-refractivity contribution in [3.63, 3.8) is 0 Å². The molecule has 0 atom stereocenters. The van der Waals surface area contributed by atoms with Gasteiger partial charge in [0.2, 0.25) is 0 Å². The summed E-state index contributed by atoms with van der Waals surface area (Å²) in [6.45, 7) is 2.03. The molecule has 28 heavy (non-hydrogen) atoms. The normalized spacial score (nSPS) is 10.2. The topological polar surface area (TPSA) is 143 Å². The molecule has 0 fully saturated rings. The number of hydrogen-bond acceptors (Lipinski definition) is 8. The average Bonchev–Trinajstić information content (AvgIpc) is 2.93. The lowest BCUT2D eigenvalue weighted by Gasteiger charge is -2.08. The van der Waals surface area contributed by atoms with Crippen LogP contribution in [0.1, 0.15) is 21.7 Å². The zero-order valence-electron chi connectivity index (χ0n) is 15.4. The number of rotatable bonds is 7. The van der Waals surface area contributed by atoms with E-state index in [1.54, 1.807) is 0 Å². The van der Waals surface area contributed by atoms with Crippen LogP contribution in [0.3, 0.4) is 0 Å². The summed E-state index contributed by atoms with van der Waals surface area (Å²) in [4.78, 5) is 45.5. The highest BCUT2D eigenvalue weighted by Gasteiger charge is 2.23. The van der Waals surface area contributed by atoms with E-state index in [1.165, 1.54) is 45.2 Å². The van der Waals surface area contributed by atoms with Gasteiger partial charge >= 0.3 is 17.6 Å². The second kappa shape index (κ2) is 8.75. The molecule has 1 amide bonds. The Balaban J connectivity index is 1.87. The summed E-state index contributed by atoms with van der Waals surface area (Å²) in [6.07, 6.45) is 0. The Kier molecular flexibility index (Phi) is 6.42. The molecule has 148 valence electrons.